The molecule has 0 aliphatic heterocycles. The number of benzene rings is 1. The van der Waals surface area contributed by atoms with Crippen LogP contribution in [0.25, 0.3) is 0 Å². The van der Waals surface area contributed by atoms with Crippen molar-refractivity contribution in [2.45, 2.75) is 12.5 Å². The van der Waals surface area contributed by atoms with E-state index in [-0.39, 0.29) is 6.61 Å². The molecule has 0 saturated heterocycles. The molecule has 0 aliphatic rings. The number of rotatable bonds is 8. The molecule has 5 heteroatoms. The van der Waals surface area contributed by atoms with Gasteiger partial charge < -0.3 is 15.2 Å². The Hall–Kier alpha value is -2.04. The monoisotopic (exact) mass is 318 g/mol. The van der Waals surface area contributed by atoms with Gasteiger partial charge in [-0.2, -0.15) is 0 Å². The number of para-hydroxylation sites is 1. The number of anilines is 1. The highest BCUT2D eigenvalue weighted by atomic mass is 35.5. The lowest BCUT2D eigenvalue weighted by molar-refractivity contribution is 0.117. The van der Waals surface area contributed by atoms with E-state index in [1.54, 1.807) is 18.3 Å². The molecule has 1 aromatic carbocycles. The normalized spacial score (nSPS) is 11.7. The summed E-state index contributed by atoms with van der Waals surface area (Å²) in [5.41, 5.74) is 1.05. The van der Waals surface area contributed by atoms with Gasteiger partial charge in [-0.1, -0.05) is 35.9 Å². The predicted molar refractivity (Wildman–Crippen MR) is 89.6 cm³/mol. The quantitative estimate of drug-likeness (QED) is 0.733. The molecule has 22 heavy (non-hydrogen) atoms. The summed E-state index contributed by atoms with van der Waals surface area (Å²) in [6.45, 7) is 4.28. The Labute approximate surface area is 135 Å². The van der Waals surface area contributed by atoms with E-state index in [2.05, 4.69) is 16.9 Å². The van der Waals surface area contributed by atoms with Gasteiger partial charge in [0.05, 0.1) is 5.02 Å². The summed E-state index contributed by atoms with van der Waals surface area (Å²) in [5.74, 6) is 1.43. The molecular weight excluding hydrogens is 300 g/mol. The fourth-order valence-corrected chi connectivity index (χ4v) is 2.03. The summed E-state index contributed by atoms with van der Waals surface area (Å²) in [7, 11) is 0. The smallest absolute Gasteiger partial charge is 0.126 e. The Bertz CT molecular complexity index is 602. The Balaban J connectivity index is 1.81. The minimum Gasteiger partial charge on any atom is -0.491 e. The average molecular weight is 319 g/mol. The van der Waals surface area contributed by atoms with Gasteiger partial charge in [-0.3, -0.25) is 0 Å². The van der Waals surface area contributed by atoms with Gasteiger partial charge >= 0.3 is 0 Å². The van der Waals surface area contributed by atoms with Crippen LogP contribution in [-0.2, 0) is 6.42 Å². The highest BCUT2D eigenvalue weighted by Crippen LogP contribution is 2.19. The number of hydrogen-bond donors (Lipinski definition) is 2. The summed E-state index contributed by atoms with van der Waals surface area (Å²) in [6.07, 6.45) is 3.47. The Morgan fingerprint density at radius 3 is 2.86 bits per heavy atom. The number of aromatic nitrogens is 1. The van der Waals surface area contributed by atoms with Crippen molar-refractivity contribution in [3.8, 4) is 5.75 Å². The van der Waals surface area contributed by atoms with Crippen molar-refractivity contribution < 1.29 is 9.84 Å². The lowest BCUT2D eigenvalue weighted by Gasteiger charge is -2.15. The maximum atomic E-state index is 9.99. The van der Waals surface area contributed by atoms with Crippen LogP contribution in [0.15, 0.2) is 55.3 Å². The lowest BCUT2D eigenvalue weighted by atomic mass is 10.1. The summed E-state index contributed by atoms with van der Waals surface area (Å²) in [6, 6.07) is 11.2. The van der Waals surface area contributed by atoms with Crippen LogP contribution < -0.4 is 10.1 Å². The van der Waals surface area contributed by atoms with Crippen LogP contribution in [0.4, 0.5) is 5.82 Å². The summed E-state index contributed by atoms with van der Waals surface area (Å²) in [4.78, 5) is 4.10. The fraction of sp³-hybridized carbons (Fsp3) is 0.235. The number of nitrogens with zero attached hydrogens (tertiary/aromatic N) is 1. The van der Waals surface area contributed by atoms with Gasteiger partial charge in [0.1, 0.15) is 24.3 Å². The zero-order valence-electron chi connectivity index (χ0n) is 12.2. The van der Waals surface area contributed by atoms with Gasteiger partial charge in [-0.15, -0.1) is 6.58 Å². The number of allylic oxidation sites excluding steroid dienone is 1. The lowest BCUT2D eigenvalue weighted by Crippen LogP contribution is -2.26. The standard InChI is InChI=1S/C17H19ClN2O2/c1-2-5-13-6-3-4-7-16(13)22-12-15(21)11-20-17-9-8-14(18)10-19-17/h2-4,6-10,15,21H,1,5,11-12H2,(H,19,20). The van der Waals surface area contributed by atoms with E-state index >= 15 is 0 Å². The molecule has 2 aromatic rings. The zero-order valence-corrected chi connectivity index (χ0v) is 13.0. The molecule has 4 nitrogen and oxygen atoms in total. The number of ether oxygens (including phenoxy) is 1. The number of pyridine rings is 1. The van der Waals surface area contributed by atoms with Crippen LogP contribution in [0.5, 0.6) is 5.75 Å². The molecule has 0 spiro atoms. The van der Waals surface area contributed by atoms with Crippen LogP contribution >= 0.6 is 11.6 Å². The van der Waals surface area contributed by atoms with E-state index in [9.17, 15) is 5.11 Å². The first kappa shape index (κ1) is 16.3. The minimum absolute atomic E-state index is 0.203. The predicted octanol–water partition coefficient (Wildman–Crippen LogP) is 3.32. The van der Waals surface area contributed by atoms with Crippen LogP contribution in [0.1, 0.15) is 5.56 Å². The van der Waals surface area contributed by atoms with Crippen LogP contribution in [0.3, 0.4) is 0 Å². The number of hydrogen-bond acceptors (Lipinski definition) is 4. The molecular formula is C17H19ClN2O2. The molecule has 116 valence electrons. The van der Waals surface area contributed by atoms with Crippen molar-refractivity contribution in [3.63, 3.8) is 0 Å². The largest absolute Gasteiger partial charge is 0.491 e. The molecule has 1 heterocycles. The zero-order chi connectivity index (χ0) is 15.8. The molecule has 0 bridgehead atoms. The third-order valence-corrected chi connectivity index (χ3v) is 3.24. The van der Waals surface area contributed by atoms with Crippen molar-refractivity contribution >= 4 is 17.4 Å². The maximum Gasteiger partial charge on any atom is 0.126 e. The van der Waals surface area contributed by atoms with E-state index in [0.29, 0.717) is 17.4 Å². The van der Waals surface area contributed by atoms with Gasteiger partial charge in [-0.25, -0.2) is 4.98 Å². The van der Waals surface area contributed by atoms with Gasteiger partial charge in [0, 0.05) is 12.7 Å². The van der Waals surface area contributed by atoms with Crippen LogP contribution in [0.2, 0.25) is 5.02 Å². The van der Waals surface area contributed by atoms with Crippen molar-refractivity contribution in [2.24, 2.45) is 0 Å². The number of aliphatic hydroxyl groups excluding tert-OH is 1. The first-order valence-corrected chi connectivity index (χ1v) is 7.42. The van der Waals surface area contributed by atoms with Crippen molar-refractivity contribution in [3.05, 3.63) is 65.8 Å². The van der Waals surface area contributed by atoms with Gasteiger partial charge in [0.2, 0.25) is 0 Å². The molecule has 1 unspecified atom stereocenters. The van der Waals surface area contributed by atoms with Crippen molar-refractivity contribution in [2.75, 3.05) is 18.5 Å². The number of nitrogens with one attached hydrogen (secondary N) is 1. The second-order valence-corrected chi connectivity index (χ2v) is 5.24. The molecule has 2 rings (SSSR count). The van der Waals surface area contributed by atoms with Gasteiger partial charge in [-0.05, 0) is 30.2 Å². The van der Waals surface area contributed by atoms with Gasteiger partial charge in [0.25, 0.3) is 0 Å². The van der Waals surface area contributed by atoms with E-state index in [4.69, 9.17) is 16.3 Å². The molecule has 1 atom stereocenters. The molecule has 2 N–H and O–H groups in total. The maximum absolute atomic E-state index is 9.99. The summed E-state index contributed by atoms with van der Waals surface area (Å²) in [5, 5.41) is 13.6. The fourth-order valence-electron chi connectivity index (χ4n) is 1.92. The third kappa shape index (κ3) is 5.06. The van der Waals surface area contributed by atoms with Crippen molar-refractivity contribution in [1.29, 1.82) is 0 Å². The highest BCUT2D eigenvalue weighted by molar-refractivity contribution is 6.30. The molecule has 1 aromatic heterocycles. The Morgan fingerprint density at radius 2 is 2.14 bits per heavy atom. The Kier molecular flexibility index (Phi) is 6.25. The average Bonchev–Trinajstić information content (AvgIpc) is 2.54. The Morgan fingerprint density at radius 1 is 1.32 bits per heavy atom. The molecule has 0 fully saturated rings. The first-order valence-electron chi connectivity index (χ1n) is 7.04. The molecule has 0 aliphatic carbocycles. The van der Waals surface area contributed by atoms with Crippen LogP contribution in [0, 0.1) is 0 Å². The summed E-state index contributed by atoms with van der Waals surface area (Å²) < 4.78 is 5.68. The first-order chi connectivity index (χ1) is 10.7. The van der Waals surface area contributed by atoms with Crippen molar-refractivity contribution in [1.82, 2.24) is 4.98 Å². The van der Waals surface area contributed by atoms with E-state index < -0.39 is 6.10 Å². The number of halogens is 1. The topological polar surface area (TPSA) is 54.4 Å². The number of aliphatic hydroxyl groups is 1. The van der Waals surface area contributed by atoms with E-state index in [1.807, 2.05) is 30.3 Å². The molecule has 0 radical (unpaired) electrons. The minimum atomic E-state index is -0.644. The SMILES string of the molecule is C=CCc1ccccc1OCC(O)CNc1ccc(Cl)cn1. The molecule has 0 amide bonds. The van der Waals surface area contributed by atoms with Crippen LogP contribution in [-0.4, -0.2) is 29.3 Å². The second-order valence-electron chi connectivity index (χ2n) is 4.81. The summed E-state index contributed by atoms with van der Waals surface area (Å²) >= 11 is 5.77. The molecule has 0 saturated carbocycles. The second kappa shape index (κ2) is 8.41. The highest BCUT2D eigenvalue weighted by Gasteiger charge is 2.08. The van der Waals surface area contributed by atoms with Gasteiger partial charge in [0.15, 0.2) is 0 Å². The van der Waals surface area contributed by atoms with E-state index in [0.717, 1.165) is 17.7 Å². The van der Waals surface area contributed by atoms with E-state index in [1.165, 1.54) is 0 Å². The third-order valence-electron chi connectivity index (χ3n) is 3.01.